The third-order valence-electron chi connectivity index (χ3n) is 7.88. The van der Waals surface area contributed by atoms with Gasteiger partial charge < -0.3 is 14.8 Å². The highest BCUT2D eigenvalue weighted by Crippen LogP contribution is 2.49. The van der Waals surface area contributed by atoms with E-state index in [-0.39, 0.29) is 6.04 Å². The number of para-hydroxylation sites is 1. The van der Waals surface area contributed by atoms with Gasteiger partial charge in [-0.1, -0.05) is 71.8 Å². The second kappa shape index (κ2) is 12.1. The van der Waals surface area contributed by atoms with E-state index in [1.807, 2.05) is 19.2 Å². The fraction of sp³-hybridized carbons (Fsp3) is 0.250. The molecule has 0 spiro atoms. The zero-order valence-corrected chi connectivity index (χ0v) is 25.9. The Morgan fingerprint density at radius 3 is 2.51 bits per heavy atom. The molecule has 1 N–H and O–H groups in total. The van der Waals surface area contributed by atoms with Crippen molar-refractivity contribution in [3.05, 3.63) is 128 Å². The largest absolute Gasteiger partial charge is 0.490 e. The van der Waals surface area contributed by atoms with Gasteiger partial charge in [0.25, 0.3) is 0 Å². The number of hydrogen-bond donors (Lipinski definition) is 1. The zero-order valence-electron chi connectivity index (χ0n) is 23.7. The van der Waals surface area contributed by atoms with Crippen molar-refractivity contribution < 1.29 is 9.47 Å². The number of aryl methyl sites for hydroxylation is 2. The number of fused-ring (bicyclic) bond motifs is 3. The van der Waals surface area contributed by atoms with Crippen molar-refractivity contribution in [1.29, 1.82) is 0 Å². The molecule has 0 bridgehead atoms. The summed E-state index contributed by atoms with van der Waals surface area (Å²) in [5, 5.41) is 3.81. The Morgan fingerprint density at radius 1 is 0.951 bits per heavy atom. The van der Waals surface area contributed by atoms with Gasteiger partial charge in [-0.2, -0.15) is 0 Å². The average Bonchev–Trinajstić information content (AvgIpc) is 3.46. The first-order valence-corrected chi connectivity index (χ1v) is 15.4. The van der Waals surface area contributed by atoms with Crippen LogP contribution in [-0.2, 0) is 6.61 Å². The fourth-order valence-electron chi connectivity index (χ4n) is 6.16. The summed E-state index contributed by atoms with van der Waals surface area (Å²) in [6.45, 7) is 7.28. The second-order valence-corrected chi connectivity index (χ2v) is 12.1. The van der Waals surface area contributed by atoms with Crippen molar-refractivity contribution in [1.82, 2.24) is 0 Å². The molecule has 3 atom stereocenters. The Hall–Kier alpha value is -3.58. The van der Waals surface area contributed by atoms with E-state index in [9.17, 15) is 0 Å². The molecule has 4 nitrogen and oxygen atoms in total. The number of hydrogen-bond acceptors (Lipinski definition) is 4. The lowest BCUT2D eigenvalue weighted by Crippen LogP contribution is -2.28. The van der Waals surface area contributed by atoms with Crippen LogP contribution in [0.5, 0.6) is 11.5 Å². The maximum atomic E-state index is 6.27. The summed E-state index contributed by atoms with van der Waals surface area (Å²) in [6.07, 6.45) is 7.72. The number of nitrogens with zero attached hydrogens (tertiary/aromatic N) is 1. The van der Waals surface area contributed by atoms with Crippen molar-refractivity contribution in [2.24, 2.45) is 10.9 Å². The van der Waals surface area contributed by atoms with Crippen LogP contribution in [0.25, 0.3) is 0 Å². The Balaban J connectivity index is 1.18. The fourth-order valence-corrected chi connectivity index (χ4v) is 6.94. The van der Waals surface area contributed by atoms with Crippen LogP contribution in [0.4, 0.5) is 11.4 Å². The molecule has 0 aromatic heterocycles. The molecule has 4 aromatic carbocycles. The molecule has 1 aliphatic heterocycles. The number of benzene rings is 4. The molecule has 4 aromatic rings. The monoisotopic (exact) mass is 654 g/mol. The highest BCUT2D eigenvalue weighted by Gasteiger charge is 2.37. The number of aliphatic imine (C=N–C) groups is 1. The third-order valence-corrected chi connectivity index (χ3v) is 8.68. The standard InChI is InChI=1S/C36H35IN2O2/c1-4-40-34-20-25(19-32(37)36(34)41-22-26-17-23(2)16-24(3)18-26)21-38-28-14-12-27(13-15-28)35-31-10-7-9-29(31)30-8-5-6-11-33(30)39-35/h5-9,11-21,29,31,35,39H,4,10,22H2,1-3H3/t29-,31-,35+/m1/s1. The molecule has 0 saturated carbocycles. The van der Waals surface area contributed by atoms with Crippen LogP contribution in [-0.4, -0.2) is 12.8 Å². The minimum absolute atomic E-state index is 0.287. The van der Waals surface area contributed by atoms with Gasteiger partial charge in [0.05, 0.1) is 21.9 Å². The lowest BCUT2D eigenvalue weighted by molar-refractivity contribution is 0.267. The summed E-state index contributed by atoms with van der Waals surface area (Å²) in [4.78, 5) is 4.79. The summed E-state index contributed by atoms with van der Waals surface area (Å²) in [6, 6.07) is 28.3. The first kappa shape index (κ1) is 27.6. The minimum atomic E-state index is 0.287. The summed E-state index contributed by atoms with van der Waals surface area (Å²) in [5.41, 5.74) is 9.49. The number of ether oxygens (including phenoxy) is 2. The van der Waals surface area contributed by atoms with Gasteiger partial charge in [-0.25, -0.2) is 0 Å². The summed E-state index contributed by atoms with van der Waals surface area (Å²) in [5.74, 6) is 2.53. The van der Waals surface area contributed by atoms with Crippen LogP contribution >= 0.6 is 22.6 Å². The van der Waals surface area contributed by atoms with Gasteiger partial charge in [0.15, 0.2) is 11.5 Å². The van der Waals surface area contributed by atoms with E-state index in [0.717, 1.165) is 38.3 Å². The highest BCUT2D eigenvalue weighted by molar-refractivity contribution is 14.1. The molecule has 5 heteroatoms. The second-order valence-electron chi connectivity index (χ2n) is 11.0. The van der Waals surface area contributed by atoms with Gasteiger partial charge in [0, 0.05) is 17.8 Å². The van der Waals surface area contributed by atoms with Crippen LogP contribution in [0.1, 0.15) is 58.7 Å². The summed E-state index contributed by atoms with van der Waals surface area (Å²) in [7, 11) is 0. The lowest BCUT2D eigenvalue weighted by atomic mass is 9.77. The van der Waals surface area contributed by atoms with Gasteiger partial charge in [-0.3, -0.25) is 4.99 Å². The predicted octanol–water partition coefficient (Wildman–Crippen LogP) is 9.46. The zero-order chi connectivity index (χ0) is 28.3. The predicted molar refractivity (Wildman–Crippen MR) is 177 cm³/mol. The molecule has 208 valence electrons. The molecule has 1 heterocycles. The van der Waals surface area contributed by atoms with E-state index in [4.69, 9.17) is 14.5 Å². The van der Waals surface area contributed by atoms with E-state index in [1.54, 1.807) is 0 Å². The van der Waals surface area contributed by atoms with Gasteiger partial charge in [-0.05, 0) is 108 Å². The van der Waals surface area contributed by atoms with Crippen LogP contribution in [0, 0.1) is 23.3 Å². The first-order chi connectivity index (χ1) is 20.0. The molecule has 0 amide bonds. The van der Waals surface area contributed by atoms with E-state index in [2.05, 4.69) is 127 Å². The van der Waals surface area contributed by atoms with Crippen LogP contribution < -0.4 is 14.8 Å². The smallest absolute Gasteiger partial charge is 0.175 e. The quantitative estimate of drug-likeness (QED) is 0.117. The lowest BCUT2D eigenvalue weighted by Gasteiger charge is -2.37. The molecule has 6 rings (SSSR count). The molecule has 0 unspecified atom stereocenters. The van der Waals surface area contributed by atoms with Crippen molar-refractivity contribution >= 4 is 40.2 Å². The molecule has 0 fully saturated rings. The summed E-state index contributed by atoms with van der Waals surface area (Å²) < 4.78 is 13.3. The van der Waals surface area contributed by atoms with Crippen LogP contribution in [0.15, 0.2) is 96.0 Å². The molecule has 41 heavy (non-hydrogen) atoms. The molecular weight excluding hydrogens is 619 g/mol. The number of halogens is 1. The van der Waals surface area contributed by atoms with Gasteiger partial charge in [0.2, 0.25) is 0 Å². The van der Waals surface area contributed by atoms with E-state index < -0.39 is 0 Å². The van der Waals surface area contributed by atoms with Crippen molar-refractivity contribution in [2.75, 3.05) is 11.9 Å². The number of nitrogens with one attached hydrogen (secondary N) is 1. The molecule has 2 aliphatic rings. The Kier molecular flexibility index (Phi) is 8.15. The molecular formula is C36H35IN2O2. The SMILES string of the molecule is CCOc1cc(C=Nc2ccc([C@@H]3Nc4ccccc4[C@H]4C=CC[C@H]43)cc2)cc(I)c1OCc1cc(C)cc(C)c1. The summed E-state index contributed by atoms with van der Waals surface area (Å²) >= 11 is 2.32. The van der Waals surface area contributed by atoms with Crippen molar-refractivity contribution in [2.45, 2.75) is 45.8 Å². The topological polar surface area (TPSA) is 42.8 Å². The number of allylic oxidation sites excluding steroid dienone is 2. The van der Waals surface area contributed by atoms with Gasteiger partial charge >= 0.3 is 0 Å². The van der Waals surface area contributed by atoms with E-state index in [0.29, 0.717) is 25.0 Å². The van der Waals surface area contributed by atoms with Gasteiger partial charge in [0.1, 0.15) is 6.61 Å². The van der Waals surface area contributed by atoms with E-state index >= 15 is 0 Å². The maximum Gasteiger partial charge on any atom is 0.175 e. The number of anilines is 1. The first-order valence-electron chi connectivity index (χ1n) is 14.3. The van der Waals surface area contributed by atoms with Crippen molar-refractivity contribution in [3.8, 4) is 11.5 Å². The third kappa shape index (κ3) is 6.05. The van der Waals surface area contributed by atoms with Crippen LogP contribution in [0.2, 0.25) is 0 Å². The van der Waals surface area contributed by atoms with Gasteiger partial charge in [-0.15, -0.1) is 0 Å². The van der Waals surface area contributed by atoms with Crippen LogP contribution in [0.3, 0.4) is 0 Å². The minimum Gasteiger partial charge on any atom is -0.490 e. The number of rotatable bonds is 8. The van der Waals surface area contributed by atoms with E-state index in [1.165, 1.54) is 27.9 Å². The molecule has 0 radical (unpaired) electrons. The molecule has 0 saturated heterocycles. The Morgan fingerprint density at radius 2 is 1.73 bits per heavy atom. The van der Waals surface area contributed by atoms with Crippen molar-refractivity contribution in [3.63, 3.8) is 0 Å². The molecule has 1 aliphatic carbocycles. The highest BCUT2D eigenvalue weighted by atomic mass is 127. The average molecular weight is 655 g/mol. The normalized spacial score (nSPS) is 19.1. The maximum absolute atomic E-state index is 6.27. The Labute approximate surface area is 256 Å². The Bertz CT molecular complexity index is 1590.